The van der Waals surface area contributed by atoms with Gasteiger partial charge in [-0.1, -0.05) is 0 Å². The van der Waals surface area contributed by atoms with Crippen LogP contribution in [0.4, 0.5) is 0 Å². The monoisotopic (exact) mass is 334 g/mol. The summed E-state index contributed by atoms with van der Waals surface area (Å²) >= 11 is 0. The Morgan fingerprint density at radius 1 is 0.958 bits per heavy atom. The van der Waals surface area contributed by atoms with Crippen LogP contribution in [0.25, 0.3) is 0 Å². The van der Waals surface area contributed by atoms with Crippen molar-refractivity contribution >= 4 is 11.9 Å². The molecule has 0 fully saturated rings. The summed E-state index contributed by atoms with van der Waals surface area (Å²) < 4.78 is 5.04. The Bertz CT molecular complexity index is 725. The summed E-state index contributed by atoms with van der Waals surface area (Å²) in [5.74, 6) is -2.31. The maximum absolute atomic E-state index is 11.4. The van der Waals surface area contributed by atoms with E-state index in [1.165, 1.54) is 30.6 Å². The van der Waals surface area contributed by atoms with Crippen LogP contribution in [0.3, 0.4) is 0 Å². The molecule has 0 amide bonds. The molecule has 0 aliphatic rings. The number of ether oxygens (including phenoxy) is 1. The third-order valence-electron chi connectivity index (χ3n) is 2.37. The van der Waals surface area contributed by atoms with Gasteiger partial charge in [-0.3, -0.25) is 0 Å². The van der Waals surface area contributed by atoms with E-state index in [1.807, 2.05) is 0 Å². The molecule has 0 bridgehead atoms. The molecule has 8 nitrogen and oxygen atoms in total. The molecule has 2 aromatic rings. The minimum absolute atomic E-state index is 0.0533. The van der Waals surface area contributed by atoms with Gasteiger partial charge in [-0.2, -0.15) is 0 Å². The standard InChI is InChI=1S/C10H13NO3.C6H5NO3/c1-10(2,3)14-9(13)8-7(12)5-4-6-11-8;8-4-2-1-3-7-5(4)6(9)10/h4-6,12H,1-3H3;1-3,8H,(H,9,10). The van der Waals surface area contributed by atoms with Gasteiger partial charge in [-0.05, 0) is 45.0 Å². The molecule has 3 N–H and O–H groups in total. The van der Waals surface area contributed by atoms with Gasteiger partial charge in [-0.25, -0.2) is 19.6 Å². The van der Waals surface area contributed by atoms with Gasteiger partial charge in [-0.15, -0.1) is 0 Å². The number of hydrogen-bond donors (Lipinski definition) is 3. The van der Waals surface area contributed by atoms with Crippen LogP contribution in [-0.2, 0) is 4.74 Å². The van der Waals surface area contributed by atoms with E-state index >= 15 is 0 Å². The summed E-state index contributed by atoms with van der Waals surface area (Å²) in [6.07, 6.45) is 2.74. The van der Waals surface area contributed by atoms with Crippen molar-refractivity contribution in [2.24, 2.45) is 0 Å². The van der Waals surface area contributed by atoms with E-state index in [0.717, 1.165) is 0 Å². The van der Waals surface area contributed by atoms with Gasteiger partial charge in [0.05, 0.1) is 0 Å². The Balaban J connectivity index is 0.000000254. The van der Waals surface area contributed by atoms with Gasteiger partial charge < -0.3 is 20.1 Å². The lowest BCUT2D eigenvalue weighted by Crippen LogP contribution is -2.24. The predicted molar refractivity (Wildman–Crippen MR) is 83.9 cm³/mol. The Morgan fingerprint density at radius 3 is 1.75 bits per heavy atom. The summed E-state index contributed by atoms with van der Waals surface area (Å²) in [6, 6.07) is 5.67. The van der Waals surface area contributed by atoms with E-state index in [4.69, 9.17) is 14.9 Å². The SMILES string of the molecule is CC(C)(C)OC(=O)c1ncccc1O.O=C(O)c1ncccc1O. The lowest BCUT2D eigenvalue weighted by atomic mass is 10.2. The molecule has 0 aliphatic carbocycles. The zero-order chi connectivity index (χ0) is 18.3. The highest BCUT2D eigenvalue weighted by atomic mass is 16.6. The van der Waals surface area contributed by atoms with Crippen molar-refractivity contribution in [1.82, 2.24) is 9.97 Å². The average Bonchev–Trinajstić information content (AvgIpc) is 2.46. The first kappa shape index (κ1) is 18.9. The Morgan fingerprint density at radius 2 is 1.42 bits per heavy atom. The molecule has 0 saturated carbocycles. The van der Waals surface area contributed by atoms with Crippen LogP contribution >= 0.6 is 0 Å². The molecule has 2 rings (SSSR count). The molecule has 0 saturated heterocycles. The quantitative estimate of drug-likeness (QED) is 0.713. The summed E-state index contributed by atoms with van der Waals surface area (Å²) in [5, 5.41) is 26.5. The minimum atomic E-state index is -1.22. The third kappa shape index (κ3) is 5.91. The van der Waals surface area contributed by atoms with Crippen molar-refractivity contribution in [3.63, 3.8) is 0 Å². The number of rotatable bonds is 2. The zero-order valence-electron chi connectivity index (χ0n) is 13.4. The number of carboxylic acids is 1. The van der Waals surface area contributed by atoms with Crippen LogP contribution in [0.2, 0.25) is 0 Å². The number of pyridine rings is 2. The molecule has 24 heavy (non-hydrogen) atoms. The lowest BCUT2D eigenvalue weighted by molar-refractivity contribution is 0.00596. The van der Waals surface area contributed by atoms with Gasteiger partial charge in [0.1, 0.15) is 17.1 Å². The highest BCUT2D eigenvalue weighted by Gasteiger charge is 2.21. The molecule has 2 heterocycles. The van der Waals surface area contributed by atoms with E-state index in [1.54, 1.807) is 26.8 Å². The number of carbonyl (C=O) groups excluding carboxylic acids is 1. The second-order valence-electron chi connectivity index (χ2n) is 5.55. The van der Waals surface area contributed by atoms with Crippen LogP contribution in [0.15, 0.2) is 36.7 Å². The van der Waals surface area contributed by atoms with Crippen LogP contribution in [-0.4, -0.2) is 42.8 Å². The highest BCUT2D eigenvalue weighted by molar-refractivity contribution is 5.90. The van der Waals surface area contributed by atoms with Gasteiger partial charge in [0.2, 0.25) is 0 Å². The van der Waals surface area contributed by atoms with Crippen LogP contribution in [0, 0.1) is 0 Å². The smallest absolute Gasteiger partial charge is 0.361 e. The number of hydrogen-bond acceptors (Lipinski definition) is 7. The molecule has 0 atom stereocenters. The zero-order valence-corrected chi connectivity index (χ0v) is 13.4. The maximum Gasteiger partial charge on any atom is 0.361 e. The van der Waals surface area contributed by atoms with Crippen LogP contribution in [0.5, 0.6) is 11.5 Å². The number of carbonyl (C=O) groups is 2. The number of esters is 1. The molecule has 0 aliphatic heterocycles. The summed E-state index contributed by atoms with van der Waals surface area (Å²) in [4.78, 5) is 28.8. The molecule has 0 unspecified atom stereocenters. The number of aromatic carboxylic acids is 1. The van der Waals surface area contributed by atoms with Crippen LogP contribution in [0.1, 0.15) is 41.7 Å². The average molecular weight is 334 g/mol. The molecule has 0 radical (unpaired) electrons. The van der Waals surface area contributed by atoms with Crippen molar-refractivity contribution < 1.29 is 29.6 Å². The first-order chi connectivity index (χ1) is 11.1. The van der Waals surface area contributed by atoms with Crippen molar-refractivity contribution in [1.29, 1.82) is 0 Å². The molecular formula is C16H18N2O6. The molecular weight excluding hydrogens is 316 g/mol. The van der Waals surface area contributed by atoms with Crippen LogP contribution < -0.4 is 0 Å². The Labute approximate surface area is 138 Å². The third-order valence-corrected chi connectivity index (χ3v) is 2.37. The van der Waals surface area contributed by atoms with E-state index in [-0.39, 0.29) is 22.9 Å². The van der Waals surface area contributed by atoms with Gasteiger partial charge in [0, 0.05) is 12.4 Å². The fourth-order valence-electron chi connectivity index (χ4n) is 1.44. The van der Waals surface area contributed by atoms with Crippen molar-refractivity contribution in [2.75, 3.05) is 0 Å². The number of aromatic hydroxyl groups is 2. The fraction of sp³-hybridized carbons (Fsp3) is 0.250. The Hall–Kier alpha value is -3.16. The molecule has 2 aromatic heterocycles. The minimum Gasteiger partial charge on any atom is -0.505 e. The van der Waals surface area contributed by atoms with Gasteiger partial charge >= 0.3 is 11.9 Å². The summed E-state index contributed by atoms with van der Waals surface area (Å²) in [6.45, 7) is 5.26. The highest BCUT2D eigenvalue weighted by Crippen LogP contribution is 2.17. The van der Waals surface area contributed by atoms with Gasteiger partial charge in [0.25, 0.3) is 0 Å². The maximum atomic E-state index is 11.4. The number of carboxylic acid groups (broad SMARTS) is 1. The fourth-order valence-corrected chi connectivity index (χ4v) is 1.44. The normalized spacial score (nSPS) is 10.3. The lowest BCUT2D eigenvalue weighted by Gasteiger charge is -2.19. The molecule has 128 valence electrons. The van der Waals surface area contributed by atoms with E-state index in [9.17, 15) is 14.7 Å². The first-order valence-electron chi connectivity index (χ1n) is 6.86. The number of nitrogens with zero attached hydrogens (tertiary/aromatic N) is 2. The number of aromatic nitrogens is 2. The molecule has 0 aromatic carbocycles. The summed E-state index contributed by atoms with van der Waals surface area (Å²) in [5.41, 5.74) is -0.953. The van der Waals surface area contributed by atoms with Gasteiger partial charge in [0.15, 0.2) is 11.4 Å². The van der Waals surface area contributed by atoms with Crippen molar-refractivity contribution in [3.05, 3.63) is 48.0 Å². The molecule has 0 spiro atoms. The first-order valence-corrected chi connectivity index (χ1v) is 6.86. The Kier molecular flexibility index (Phi) is 6.22. The van der Waals surface area contributed by atoms with Crippen molar-refractivity contribution in [3.8, 4) is 11.5 Å². The topological polar surface area (TPSA) is 130 Å². The van der Waals surface area contributed by atoms with E-state index in [2.05, 4.69) is 9.97 Å². The van der Waals surface area contributed by atoms with E-state index in [0.29, 0.717) is 0 Å². The largest absolute Gasteiger partial charge is 0.505 e. The summed E-state index contributed by atoms with van der Waals surface area (Å²) in [7, 11) is 0. The molecule has 8 heteroatoms. The predicted octanol–water partition coefficient (Wildman–Crippen LogP) is 2.23. The second kappa shape index (κ2) is 7.91. The van der Waals surface area contributed by atoms with Crippen molar-refractivity contribution in [2.45, 2.75) is 26.4 Å². The second-order valence-corrected chi connectivity index (χ2v) is 5.55. The van der Waals surface area contributed by atoms with E-state index < -0.39 is 17.5 Å².